The van der Waals surface area contributed by atoms with E-state index in [1.54, 1.807) is 4.57 Å². The van der Waals surface area contributed by atoms with Gasteiger partial charge in [0.1, 0.15) is 24.6 Å². The molecule has 1 aliphatic rings. The Labute approximate surface area is 171 Å². The molecule has 11 nitrogen and oxygen atoms in total. The van der Waals surface area contributed by atoms with Crippen molar-refractivity contribution in [3.8, 4) is 0 Å². The maximum absolute atomic E-state index is 10.8. The topological polar surface area (TPSA) is 169 Å². The molecule has 6 N–H and O–H groups in total. The van der Waals surface area contributed by atoms with Crippen molar-refractivity contribution in [1.29, 1.82) is 0 Å². The fourth-order valence-corrected chi connectivity index (χ4v) is 4.14. The molecular formula is C17H26N6O5S. The number of nitrogens with one attached hydrogen (secondary N) is 1. The molecule has 0 unspecified atom stereocenters. The number of rotatable bonds is 10. The van der Waals surface area contributed by atoms with Crippen molar-refractivity contribution in [2.24, 2.45) is 5.73 Å². The van der Waals surface area contributed by atoms with Gasteiger partial charge in [0, 0.05) is 12.3 Å². The third-order valence-corrected chi connectivity index (χ3v) is 5.77. The summed E-state index contributed by atoms with van der Waals surface area (Å²) in [6.07, 6.45) is 0.478. The van der Waals surface area contributed by atoms with Crippen LogP contribution in [0.4, 0.5) is 5.82 Å². The van der Waals surface area contributed by atoms with Gasteiger partial charge in [0.25, 0.3) is 0 Å². The van der Waals surface area contributed by atoms with Crippen LogP contribution in [0.2, 0.25) is 0 Å². The lowest BCUT2D eigenvalue weighted by atomic mass is 10.1. The van der Waals surface area contributed by atoms with Gasteiger partial charge in [-0.05, 0) is 18.6 Å². The van der Waals surface area contributed by atoms with Crippen molar-refractivity contribution in [2.45, 2.75) is 50.3 Å². The van der Waals surface area contributed by atoms with Crippen LogP contribution in [-0.4, -0.2) is 83.2 Å². The molecule has 0 spiro atoms. The highest BCUT2D eigenvalue weighted by atomic mass is 32.2. The molecule has 0 amide bonds. The second-order valence-electron chi connectivity index (χ2n) is 6.83. The highest BCUT2D eigenvalue weighted by molar-refractivity contribution is 7.99. The summed E-state index contributed by atoms with van der Waals surface area (Å²) < 4.78 is 7.48. The van der Waals surface area contributed by atoms with Gasteiger partial charge >= 0.3 is 5.97 Å². The fourth-order valence-electron chi connectivity index (χ4n) is 3.04. The van der Waals surface area contributed by atoms with Crippen LogP contribution < -0.4 is 11.1 Å². The van der Waals surface area contributed by atoms with Crippen LogP contribution >= 0.6 is 11.8 Å². The Hall–Kier alpha value is -1.99. The van der Waals surface area contributed by atoms with E-state index in [0.717, 1.165) is 13.0 Å². The molecule has 0 bridgehead atoms. The Morgan fingerprint density at radius 3 is 2.90 bits per heavy atom. The molecule has 2 aromatic rings. The third kappa shape index (κ3) is 4.78. The van der Waals surface area contributed by atoms with Gasteiger partial charge in [0.15, 0.2) is 23.2 Å². The maximum Gasteiger partial charge on any atom is 0.320 e. The van der Waals surface area contributed by atoms with Gasteiger partial charge in [0.05, 0.1) is 12.4 Å². The molecule has 2 aromatic heterocycles. The van der Waals surface area contributed by atoms with Gasteiger partial charge < -0.3 is 31.1 Å². The third-order valence-electron chi connectivity index (χ3n) is 4.69. The number of anilines is 1. The number of nitrogens with zero attached hydrogens (tertiary/aromatic N) is 4. The second kappa shape index (κ2) is 9.67. The number of hydrogen-bond acceptors (Lipinski definition) is 10. The zero-order valence-corrected chi connectivity index (χ0v) is 16.8. The first-order valence-electron chi connectivity index (χ1n) is 9.43. The van der Waals surface area contributed by atoms with Crippen LogP contribution in [0.25, 0.3) is 11.2 Å². The van der Waals surface area contributed by atoms with E-state index in [2.05, 4.69) is 20.3 Å². The first kappa shape index (κ1) is 21.7. The monoisotopic (exact) mass is 426 g/mol. The van der Waals surface area contributed by atoms with Crippen LogP contribution in [0.5, 0.6) is 0 Å². The normalized spacial score (nSPS) is 25.4. The molecule has 3 rings (SSSR count). The number of aromatic nitrogens is 4. The molecule has 1 saturated heterocycles. The Balaban J connectivity index is 1.66. The first-order valence-corrected chi connectivity index (χ1v) is 10.6. The molecule has 0 aliphatic carbocycles. The number of carbonyl (C=O) groups is 1. The van der Waals surface area contributed by atoms with E-state index in [0.29, 0.717) is 34.9 Å². The molecule has 3 heterocycles. The van der Waals surface area contributed by atoms with E-state index in [1.807, 2.05) is 6.92 Å². The first-order chi connectivity index (χ1) is 13.9. The number of aliphatic carboxylic acids is 1. The van der Waals surface area contributed by atoms with Crippen LogP contribution in [0.15, 0.2) is 12.7 Å². The lowest BCUT2D eigenvalue weighted by Crippen LogP contribution is -2.33. The Kier molecular flexibility index (Phi) is 7.24. The number of thioether (sulfide) groups is 1. The van der Waals surface area contributed by atoms with Crippen LogP contribution in [-0.2, 0) is 9.53 Å². The van der Waals surface area contributed by atoms with E-state index in [4.69, 9.17) is 15.6 Å². The molecule has 5 atom stereocenters. The van der Waals surface area contributed by atoms with Gasteiger partial charge in [-0.15, -0.1) is 0 Å². The molecule has 12 heteroatoms. The second-order valence-corrected chi connectivity index (χ2v) is 7.98. The van der Waals surface area contributed by atoms with Crippen molar-refractivity contribution in [3.05, 3.63) is 12.7 Å². The van der Waals surface area contributed by atoms with E-state index in [-0.39, 0.29) is 0 Å². The maximum atomic E-state index is 10.8. The summed E-state index contributed by atoms with van der Waals surface area (Å²) >= 11 is 1.42. The summed E-state index contributed by atoms with van der Waals surface area (Å²) in [4.78, 5) is 23.5. The molecule has 160 valence electrons. The highest BCUT2D eigenvalue weighted by Gasteiger charge is 2.44. The van der Waals surface area contributed by atoms with Crippen molar-refractivity contribution >= 4 is 34.7 Å². The number of aliphatic hydroxyl groups is 2. The zero-order valence-electron chi connectivity index (χ0n) is 16.0. The van der Waals surface area contributed by atoms with Crippen molar-refractivity contribution in [1.82, 2.24) is 19.5 Å². The minimum absolute atomic E-state index is 0.311. The van der Waals surface area contributed by atoms with Gasteiger partial charge in [-0.25, -0.2) is 15.0 Å². The number of hydrogen-bond donors (Lipinski definition) is 5. The number of carboxylic acids is 1. The summed E-state index contributed by atoms with van der Waals surface area (Å²) in [6.45, 7) is 2.78. The van der Waals surface area contributed by atoms with E-state index >= 15 is 0 Å². The van der Waals surface area contributed by atoms with Crippen molar-refractivity contribution in [2.75, 3.05) is 23.4 Å². The summed E-state index contributed by atoms with van der Waals surface area (Å²) in [6, 6.07) is -0.914. The Morgan fingerprint density at radius 2 is 2.17 bits per heavy atom. The molecule has 0 radical (unpaired) electrons. The van der Waals surface area contributed by atoms with Crippen LogP contribution in [0.3, 0.4) is 0 Å². The molecular weight excluding hydrogens is 400 g/mol. The number of carboxylic acid groups (broad SMARTS) is 1. The lowest BCUT2D eigenvalue weighted by Gasteiger charge is -2.16. The Morgan fingerprint density at radius 1 is 1.38 bits per heavy atom. The molecule has 1 fully saturated rings. The predicted octanol–water partition coefficient (Wildman–Crippen LogP) is -0.197. The van der Waals surface area contributed by atoms with E-state index in [9.17, 15) is 15.0 Å². The largest absolute Gasteiger partial charge is 0.480 e. The van der Waals surface area contributed by atoms with Gasteiger partial charge in [-0.1, -0.05) is 6.92 Å². The molecule has 0 aromatic carbocycles. The number of ether oxygens (including phenoxy) is 1. The van der Waals surface area contributed by atoms with Crippen LogP contribution in [0, 0.1) is 0 Å². The average Bonchev–Trinajstić information content (AvgIpc) is 3.25. The standard InChI is InChI=1S/C17H26N6O5S/c1-2-4-19-14-11-15(21-7-20-14)23(8-22-11)16-13(25)12(24)10(28-16)6-29-5-3-9(18)17(26)27/h7-10,12-13,16,24-25H,2-6,18H2,1H3,(H,26,27)(H,19,20,21)/t9-,10+,12+,13+,16+/m0/s1. The minimum Gasteiger partial charge on any atom is -0.480 e. The smallest absolute Gasteiger partial charge is 0.320 e. The lowest BCUT2D eigenvalue weighted by molar-refractivity contribution is -0.138. The van der Waals surface area contributed by atoms with Gasteiger partial charge in [-0.2, -0.15) is 11.8 Å². The fraction of sp³-hybridized carbons (Fsp3) is 0.647. The number of aliphatic hydroxyl groups excluding tert-OH is 2. The summed E-state index contributed by atoms with van der Waals surface area (Å²) in [5.41, 5.74) is 6.54. The number of nitrogens with two attached hydrogens (primary N) is 1. The van der Waals surface area contributed by atoms with Crippen molar-refractivity contribution < 1.29 is 24.9 Å². The SMILES string of the molecule is CCCNc1ncnc2c1ncn2[C@@H]1O[C@H](CSCC[C@H](N)C(=O)O)[C@@H](O)[C@H]1O. The Bertz CT molecular complexity index is 836. The highest BCUT2D eigenvalue weighted by Crippen LogP contribution is 2.33. The van der Waals surface area contributed by atoms with Gasteiger partial charge in [-0.3, -0.25) is 9.36 Å². The predicted molar refractivity (Wildman–Crippen MR) is 108 cm³/mol. The van der Waals surface area contributed by atoms with Gasteiger partial charge in [0.2, 0.25) is 0 Å². The van der Waals surface area contributed by atoms with Crippen LogP contribution in [0.1, 0.15) is 26.0 Å². The van der Waals surface area contributed by atoms with E-state index < -0.39 is 36.6 Å². The average molecular weight is 426 g/mol. The van der Waals surface area contributed by atoms with Crippen molar-refractivity contribution in [3.63, 3.8) is 0 Å². The molecule has 1 aliphatic heterocycles. The molecule has 29 heavy (non-hydrogen) atoms. The number of fused-ring (bicyclic) bond motifs is 1. The minimum atomic E-state index is -1.15. The molecule has 0 saturated carbocycles. The summed E-state index contributed by atoms with van der Waals surface area (Å²) in [7, 11) is 0. The summed E-state index contributed by atoms with van der Waals surface area (Å²) in [5.74, 6) is 0.464. The summed E-state index contributed by atoms with van der Waals surface area (Å²) in [5, 5.41) is 32.9. The van der Waals surface area contributed by atoms with E-state index in [1.165, 1.54) is 24.4 Å². The zero-order chi connectivity index (χ0) is 21.0. The quantitative estimate of drug-likeness (QED) is 0.319. The number of imidazole rings is 1.